The number of hydrogen-bond acceptors (Lipinski definition) is 6. The van der Waals surface area contributed by atoms with E-state index in [4.69, 9.17) is 4.84 Å². The Labute approximate surface area is 120 Å². The molecule has 0 unspecified atom stereocenters. The van der Waals surface area contributed by atoms with E-state index >= 15 is 0 Å². The zero-order valence-corrected chi connectivity index (χ0v) is 11.8. The maximum Gasteiger partial charge on any atom is 0.334 e. The number of carbonyl (C=O) groups excluding carboxylic acids is 3. The first kappa shape index (κ1) is 15.1. The normalized spacial score (nSPS) is 14.2. The number of nitrogens with one attached hydrogen (secondary N) is 1. The second-order valence-corrected chi connectivity index (χ2v) is 6.16. The van der Waals surface area contributed by atoms with Crippen LogP contribution >= 0.6 is 0 Å². The molecular formula is C12H12N2O6S. The fraction of sp³-hybridized carbons (Fsp3) is 0.250. The molecule has 0 fully saturated rings. The van der Waals surface area contributed by atoms with Crippen LogP contribution in [0.4, 0.5) is 0 Å². The van der Waals surface area contributed by atoms with E-state index < -0.39 is 27.8 Å². The largest absolute Gasteiger partial charge is 0.334 e. The number of amides is 2. The maximum atomic E-state index is 11.9. The Kier molecular flexibility index (Phi) is 4.05. The fourth-order valence-electron chi connectivity index (χ4n) is 1.74. The van der Waals surface area contributed by atoms with E-state index in [1.807, 2.05) is 0 Å². The summed E-state index contributed by atoms with van der Waals surface area (Å²) < 4.78 is 23.8. The van der Waals surface area contributed by atoms with Crippen molar-refractivity contribution >= 4 is 27.8 Å². The van der Waals surface area contributed by atoms with E-state index in [9.17, 15) is 22.8 Å². The van der Waals surface area contributed by atoms with Gasteiger partial charge in [0.15, 0.2) is 0 Å². The summed E-state index contributed by atoms with van der Waals surface area (Å²) in [5.74, 6) is -2.33. The number of hydroxylamine groups is 2. The Hall–Kier alpha value is -2.26. The lowest BCUT2D eigenvalue weighted by molar-refractivity contribution is -0.168. The summed E-state index contributed by atoms with van der Waals surface area (Å²) in [7, 11) is -3.42. The van der Waals surface area contributed by atoms with Crippen LogP contribution < -0.4 is 4.72 Å². The predicted octanol–water partition coefficient (Wildman–Crippen LogP) is -0.320. The molecule has 21 heavy (non-hydrogen) atoms. The van der Waals surface area contributed by atoms with Gasteiger partial charge in [0.05, 0.1) is 23.8 Å². The minimum absolute atomic E-state index is 0.157. The first-order valence-corrected chi connectivity index (χ1v) is 7.82. The number of sulfonamides is 1. The van der Waals surface area contributed by atoms with Crippen LogP contribution in [-0.2, 0) is 19.7 Å². The van der Waals surface area contributed by atoms with Crippen molar-refractivity contribution in [2.75, 3.05) is 12.8 Å². The lowest BCUT2D eigenvalue weighted by Crippen LogP contribution is -2.34. The van der Waals surface area contributed by atoms with Crippen molar-refractivity contribution in [1.82, 2.24) is 9.79 Å². The molecule has 1 aliphatic heterocycles. The first-order valence-electron chi connectivity index (χ1n) is 5.93. The van der Waals surface area contributed by atoms with Gasteiger partial charge >= 0.3 is 5.97 Å². The molecule has 0 aliphatic carbocycles. The minimum atomic E-state index is -3.42. The van der Waals surface area contributed by atoms with Crippen LogP contribution in [0.25, 0.3) is 0 Å². The van der Waals surface area contributed by atoms with E-state index in [1.165, 1.54) is 12.1 Å². The van der Waals surface area contributed by atoms with Crippen molar-refractivity contribution in [3.8, 4) is 0 Å². The molecule has 0 spiro atoms. The van der Waals surface area contributed by atoms with Crippen LogP contribution in [0.2, 0.25) is 0 Å². The van der Waals surface area contributed by atoms with E-state index in [0.717, 1.165) is 6.26 Å². The summed E-state index contributed by atoms with van der Waals surface area (Å²) in [6.07, 6.45) is 0.642. The van der Waals surface area contributed by atoms with Gasteiger partial charge in [-0.1, -0.05) is 17.2 Å². The molecule has 1 aliphatic rings. The Bertz CT molecular complexity index is 677. The van der Waals surface area contributed by atoms with E-state index in [0.29, 0.717) is 5.06 Å². The van der Waals surface area contributed by atoms with Gasteiger partial charge in [-0.15, -0.1) is 0 Å². The Morgan fingerprint density at radius 2 is 1.71 bits per heavy atom. The molecule has 0 radical (unpaired) electrons. The van der Waals surface area contributed by atoms with Crippen LogP contribution in [0.1, 0.15) is 27.1 Å². The van der Waals surface area contributed by atoms with Gasteiger partial charge in [-0.3, -0.25) is 9.59 Å². The molecule has 112 valence electrons. The second kappa shape index (κ2) is 5.62. The highest BCUT2D eigenvalue weighted by molar-refractivity contribution is 7.88. The topological polar surface area (TPSA) is 110 Å². The molecule has 0 atom stereocenters. The third kappa shape index (κ3) is 3.44. The van der Waals surface area contributed by atoms with Crippen LogP contribution in [0.3, 0.4) is 0 Å². The van der Waals surface area contributed by atoms with Gasteiger partial charge < -0.3 is 4.84 Å². The standard InChI is InChI=1S/C12H12N2O6S/c1-21(18,19)13-7-6-10(15)20-14-11(16)8-4-2-3-5-9(8)12(14)17/h2-5,13H,6-7H2,1H3. The number of fused-ring (bicyclic) bond motifs is 1. The van der Waals surface area contributed by atoms with Crippen molar-refractivity contribution in [2.45, 2.75) is 6.42 Å². The summed E-state index contributed by atoms with van der Waals surface area (Å²) in [4.78, 5) is 40.0. The number of nitrogens with zero attached hydrogens (tertiary/aromatic N) is 1. The van der Waals surface area contributed by atoms with Crippen molar-refractivity contribution in [3.05, 3.63) is 35.4 Å². The minimum Gasteiger partial charge on any atom is -0.330 e. The molecule has 0 saturated carbocycles. The lowest BCUT2D eigenvalue weighted by atomic mass is 10.1. The van der Waals surface area contributed by atoms with Crippen LogP contribution in [0.5, 0.6) is 0 Å². The summed E-state index contributed by atoms with van der Waals surface area (Å²) >= 11 is 0. The van der Waals surface area contributed by atoms with E-state index in [1.54, 1.807) is 12.1 Å². The summed E-state index contributed by atoms with van der Waals surface area (Å²) in [5, 5.41) is 0.382. The zero-order valence-electron chi connectivity index (χ0n) is 11.0. The highest BCUT2D eigenvalue weighted by Crippen LogP contribution is 2.22. The molecule has 2 rings (SSSR count). The first-order chi connectivity index (χ1) is 9.79. The SMILES string of the molecule is CS(=O)(=O)NCCC(=O)ON1C(=O)c2ccccc2C1=O. The van der Waals surface area contributed by atoms with Crippen molar-refractivity contribution in [1.29, 1.82) is 0 Å². The van der Waals surface area contributed by atoms with Crippen LogP contribution in [-0.4, -0.2) is 44.1 Å². The van der Waals surface area contributed by atoms with Gasteiger partial charge in [0.2, 0.25) is 10.0 Å². The average molecular weight is 312 g/mol. The molecule has 0 saturated heterocycles. The maximum absolute atomic E-state index is 11.9. The van der Waals surface area contributed by atoms with Crippen molar-refractivity contribution in [3.63, 3.8) is 0 Å². The summed E-state index contributed by atoms with van der Waals surface area (Å²) in [6, 6.07) is 6.08. The Morgan fingerprint density at radius 1 is 1.19 bits per heavy atom. The van der Waals surface area contributed by atoms with Gasteiger partial charge in [-0.25, -0.2) is 17.9 Å². The average Bonchev–Trinajstić information content (AvgIpc) is 2.63. The second-order valence-electron chi connectivity index (χ2n) is 4.33. The molecule has 8 nitrogen and oxygen atoms in total. The molecule has 0 aromatic heterocycles. The Morgan fingerprint density at radius 3 is 2.19 bits per heavy atom. The third-order valence-electron chi connectivity index (χ3n) is 2.64. The van der Waals surface area contributed by atoms with E-state index in [2.05, 4.69) is 4.72 Å². The molecule has 1 aromatic carbocycles. The third-order valence-corrected chi connectivity index (χ3v) is 3.37. The number of carbonyl (C=O) groups is 3. The highest BCUT2D eigenvalue weighted by atomic mass is 32.2. The quantitative estimate of drug-likeness (QED) is 0.746. The fourth-order valence-corrected chi connectivity index (χ4v) is 2.21. The zero-order chi connectivity index (χ0) is 15.6. The van der Waals surface area contributed by atoms with E-state index in [-0.39, 0.29) is 24.1 Å². The van der Waals surface area contributed by atoms with Gasteiger partial charge in [-0.05, 0) is 12.1 Å². The molecule has 9 heteroatoms. The number of benzene rings is 1. The summed E-state index contributed by atoms with van der Waals surface area (Å²) in [5.41, 5.74) is 0.314. The Balaban J connectivity index is 1.97. The number of rotatable bonds is 5. The summed E-state index contributed by atoms with van der Waals surface area (Å²) in [6.45, 7) is -0.180. The van der Waals surface area contributed by atoms with Gasteiger partial charge in [0.1, 0.15) is 0 Å². The molecule has 2 amide bonds. The predicted molar refractivity (Wildman–Crippen MR) is 70.5 cm³/mol. The smallest absolute Gasteiger partial charge is 0.330 e. The molecular weight excluding hydrogens is 300 g/mol. The van der Waals surface area contributed by atoms with Gasteiger partial charge in [0.25, 0.3) is 11.8 Å². The lowest BCUT2D eigenvalue weighted by Gasteiger charge is -2.12. The number of hydrogen-bond donors (Lipinski definition) is 1. The highest BCUT2D eigenvalue weighted by Gasteiger charge is 2.38. The number of imide groups is 1. The van der Waals surface area contributed by atoms with Crippen LogP contribution in [0, 0.1) is 0 Å². The molecule has 1 aromatic rings. The monoisotopic (exact) mass is 312 g/mol. The van der Waals surface area contributed by atoms with Gasteiger partial charge in [0, 0.05) is 6.54 Å². The van der Waals surface area contributed by atoms with Crippen molar-refractivity contribution in [2.24, 2.45) is 0 Å². The van der Waals surface area contributed by atoms with Gasteiger partial charge in [-0.2, -0.15) is 0 Å². The molecule has 0 bridgehead atoms. The molecule has 1 heterocycles. The van der Waals surface area contributed by atoms with Crippen molar-refractivity contribution < 1.29 is 27.6 Å². The van der Waals surface area contributed by atoms with Crippen LogP contribution in [0.15, 0.2) is 24.3 Å². The molecule has 1 N–H and O–H groups in total.